The van der Waals surface area contributed by atoms with E-state index in [0.717, 1.165) is 27.6 Å². The fourth-order valence-electron chi connectivity index (χ4n) is 2.01. The van der Waals surface area contributed by atoms with Crippen LogP contribution in [0.15, 0.2) is 18.2 Å². The summed E-state index contributed by atoms with van der Waals surface area (Å²) in [6.45, 7) is 1.85. The second-order valence-corrected chi connectivity index (χ2v) is 5.08. The Morgan fingerprint density at radius 2 is 2.39 bits per heavy atom. The van der Waals surface area contributed by atoms with Crippen molar-refractivity contribution in [3.05, 3.63) is 18.2 Å². The molecular formula is C12H13N3O2S. The first-order chi connectivity index (χ1) is 8.78. The molecule has 94 valence electrons. The molecule has 1 aliphatic rings. The highest BCUT2D eigenvalue weighted by molar-refractivity contribution is 7.22. The summed E-state index contributed by atoms with van der Waals surface area (Å²) in [5.74, 6) is 0.823. The Kier molecular flexibility index (Phi) is 2.79. The lowest BCUT2D eigenvalue weighted by molar-refractivity contribution is -0.120. The number of para-hydroxylation sites is 1. The van der Waals surface area contributed by atoms with Crippen LogP contribution >= 0.6 is 11.3 Å². The van der Waals surface area contributed by atoms with Gasteiger partial charge >= 0.3 is 0 Å². The van der Waals surface area contributed by atoms with Gasteiger partial charge in [-0.1, -0.05) is 17.4 Å². The third kappa shape index (κ3) is 1.88. The smallest absolute Gasteiger partial charge is 0.239 e. The summed E-state index contributed by atoms with van der Waals surface area (Å²) in [5, 5.41) is 3.69. The van der Waals surface area contributed by atoms with E-state index < -0.39 is 0 Å². The molecule has 2 aromatic rings. The maximum Gasteiger partial charge on any atom is 0.239 e. The fourth-order valence-corrected chi connectivity index (χ4v) is 3.02. The van der Waals surface area contributed by atoms with Gasteiger partial charge in [0.15, 0.2) is 5.13 Å². The number of methoxy groups -OCH3 is 1. The normalized spacial score (nSPS) is 15.8. The maximum atomic E-state index is 11.4. The number of carbonyl (C=O) groups is 1. The number of hydrogen-bond donors (Lipinski definition) is 1. The van der Waals surface area contributed by atoms with Gasteiger partial charge in [0.05, 0.1) is 18.4 Å². The predicted molar refractivity (Wildman–Crippen MR) is 71.4 cm³/mol. The van der Waals surface area contributed by atoms with E-state index >= 15 is 0 Å². The summed E-state index contributed by atoms with van der Waals surface area (Å²) >= 11 is 1.59. The van der Waals surface area contributed by atoms with Gasteiger partial charge < -0.3 is 15.0 Å². The zero-order valence-corrected chi connectivity index (χ0v) is 10.8. The largest absolute Gasteiger partial charge is 0.494 e. The first-order valence-electron chi connectivity index (χ1n) is 5.73. The van der Waals surface area contributed by atoms with Gasteiger partial charge in [0.1, 0.15) is 11.3 Å². The van der Waals surface area contributed by atoms with Crippen molar-refractivity contribution in [3.8, 4) is 5.75 Å². The molecule has 1 N–H and O–H groups in total. The number of aromatic nitrogens is 1. The summed E-state index contributed by atoms with van der Waals surface area (Å²) in [6.07, 6.45) is 0. The van der Waals surface area contributed by atoms with E-state index in [-0.39, 0.29) is 5.91 Å². The number of nitrogens with one attached hydrogen (secondary N) is 1. The van der Waals surface area contributed by atoms with Crippen LogP contribution in [0.5, 0.6) is 5.75 Å². The van der Waals surface area contributed by atoms with Crippen LogP contribution in [0, 0.1) is 0 Å². The molecule has 0 bridgehead atoms. The average Bonchev–Trinajstić information content (AvgIpc) is 2.82. The van der Waals surface area contributed by atoms with Crippen LogP contribution in [0.1, 0.15) is 0 Å². The molecule has 0 aliphatic carbocycles. The summed E-state index contributed by atoms with van der Waals surface area (Å²) in [4.78, 5) is 18.0. The molecule has 6 heteroatoms. The molecule has 1 amide bonds. The SMILES string of the molecule is COc1cccc2sc(N3CCNC(=O)C3)nc12. The van der Waals surface area contributed by atoms with E-state index in [1.807, 2.05) is 23.1 Å². The fraction of sp³-hybridized carbons (Fsp3) is 0.333. The van der Waals surface area contributed by atoms with E-state index in [1.165, 1.54) is 0 Å². The number of rotatable bonds is 2. The third-order valence-corrected chi connectivity index (χ3v) is 3.98. The molecule has 0 unspecified atom stereocenters. The van der Waals surface area contributed by atoms with Crippen molar-refractivity contribution in [1.29, 1.82) is 0 Å². The van der Waals surface area contributed by atoms with E-state index in [0.29, 0.717) is 13.1 Å². The molecule has 0 spiro atoms. The minimum absolute atomic E-state index is 0.0486. The minimum atomic E-state index is 0.0486. The molecule has 0 radical (unpaired) electrons. The molecule has 0 saturated carbocycles. The van der Waals surface area contributed by atoms with Crippen molar-refractivity contribution < 1.29 is 9.53 Å². The topological polar surface area (TPSA) is 54.5 Å². The molecule has 2 heterocycles. The highest BCUT2D eigenvalue weighted by atomic mass is 32.1. The Labute approximate surface area is 108 Å². The standard InChI is InChI=1S/C12H13N3O2S/c1-17-8-3-2-4-9-11(8)14-12(18-9)15-6-5-13-10(16)7-15/h2-4H,5-7H2,1H3,(H,13,16). The molecule has 1 aromatic carbocycles. The number of benzene rings is 1. The van der Waals surface area contributed by atoms with Crippen LogP contribution in [-0.2, 0) is 4.79 Å². The van der Waals surface area contributed by atoms with Crippen LogP contribution in [0.25, 0.3) is 10.2 Å². The second kappa shape index (κ2) is 4.45. The first kappa shape index (κ1) is 11.3. The zero-order valence-electron chi connectivity index (χ0n) is 9.97. The molecular weight excluding hydrogens is 250 g/mol. The van der Waals surface area contributed by atoms with Gasteiger partial charge in [-0.15, -0.1) is 0 Å². The molecule has 1 saturated heterocycles. The molecule has 5 nitrogen and oxygen atoms in total. The van der Waals surface area contributed by atoms with Crippen LogP contribution in [0.2, 0.25) is 0 Å². The zero-order chi connectivity index (χ0) is 12.5. The van der Waals surface area contributed by atoms with Crippen molar-refractivity contribution >= 4 is 32.6 Å². The summed E-state index contributed by atoms with van der Waals surface area (Å²) in [5.41, 5.74) is 0.867. The van der Waals surface area contributed by atoms with Gasteiger partial charge in [-0.05, 0) is 12.1 Å². The number of hydrogen-bond acceptors (Lipinski definition) is 5. The van der Waals surface area contributed by atoms with Gasteiger partial charge in [0.25, 0.3) is 0 Å². The lowest BCUT2D eigenvalue weighted by Crippen LogP contribution is -2.47. The summed E-state index contributed by atoms with van der Waals surface area (Å²) < 4.78 is 6.37. The van der Waals surface area contributed by atoms with Gasteiger partial charge in [-0.2, -0.15) is 0 Å². The number of piperazine rings is 1. The highest BCUT2D eigenvalue weighted by Gasteiger charge is 2.20. The molecule has 0 atom stereocenters. The number of thiazole rings is 1. The van der Waals surface area contributed by atoms with Gasteiger partial charge in [0, 0.05) is 13.1 Å². The van der Waals surface area contributed by atoms with Crippen molar-refractivity contribution in [2.45, 2.75) is 0 Å². The van der Waals surface area contributed by atoms with Crippen LogP contribution in [0.4, 0.5) is 5.13 Å². The highest BCUT2D eigenvalue weighted by Crippen LogP contribution is 2.33. The summed E-state index contributed by atoms with van der Waals surface area (Å²) in [7, 11) is 1.64. The Hall–Kier alpha value is -1.82. The second-order valence-electron chi connectivity index (χ2n) is 4.07. The lowest BCUT2D eigenvalue weighted by Gasteiger charge is -2.25. The van der Waals surface area contributed by atoms with Gasteiger partial charge in [-0.25, -0.2) is 4.98 Å². The Morgan fingerprint density at radius 3 is 3.17 bits per heavy atom. The van der Waals surface area contributed by atoms with Crippen LogP contribution < -0.4 is 15.0 Å². The number of anilines is 1. The third-order valence-electron chi connectivity index (χ3n) is 2.90. The number of amides is 1. The van der Waals surface area contributed by atoms with Crippen molar-refractivity contribution in [1.82, 2.24) is 10.3 Å². The molecule has 1 aliphatic heterocycles. The van der Waals surface area contributed by atoms with Gasteiger partial charge in [0.2, 0.25) is 5.91 Å². The maximum absolute atomic E-state index is 11.4. The van der Waals surface area contributed by atoms with Gasteiger partial charge in [-0.3, -0.25) is 4.79 Å². The van der Waals surface area contributed by atoms with Crippen LogP contribution in [0.3, 0.4) is 0 Å². The molecule has 1 fully saturated rings. The molecule has 1 aromatic heterocycles. The average molecular weight is 263 g/mol. The number of ether oxygens (including phenoxy) is 1. The number of carbonyl (C=O) groups excluding carboxylic acids is 1. The number of nitrogens with zero attached hydrogens (tertiary/aromatic N) is 2. The summed E-state index contributed by atoms with van der Waals surface area (Å²) in [6, 6.07) is 5.86. The quantitative estimate of drug-likeness (QED) is 0.885. The first-order valence-corrected chi connectivity index (χ1v) is 6.55. The predicted octanol–water partition coefficient (Wildman–Crippen LogP) is 1.24. The minimum Gasteiger partial charge on any atom is -0.494 e. The van der Waals surface area contributed by atoms with E-state index in [4.69, 9.17) is 4.74 Å². The Balaban J connectivity index is 2.00. The molecule has 18 heavy (non-hydrogen) atoms. The van der Waals surface area contributed by atoms with E-state index in [2.05, 4.69) is 10.3 Å². The number of fused-ring (bicyclic) bond motifs is 1. The lowest BCUT2D eigenvalue weighted by atomic mass is 10.3. The van der Waals surface area contributed by atoms with Crippen molar-refractivity contribution in [2.75, 3.05) is 31.6 Å². The van der Waals surface area contributed by atoms with Crippen molar-refractivity contribution in [3.63, 3.8) is 0 Å². The van der Waals surface area contributed by atoms with E-state index in [1.54, 1.807) is 18.4 Å². The van der Waals surface area contributed by atoms with Crippen LogP contribution in [-0.4, -0.2) is 37.6 Å². The monoisotopic (exact) mass is 263 g/mol. The van der Waals surface area contributed by atoms with E-state index in [9.17, 15) is 4.79 Å². The Morgan fingerprint density at radius 1 is 1.50 bits per heavy atom. The van der Waals surface area contributed by atoms with Crippen molar-refractivity contribution in [2.24, 2.45) is 0 Å². The molecule has 3 rings (SSSR count). The Bertz CT molecular complexity index is 596.